The number of piperidine rings is 1. The highest BCUT2D eigenvalue weighted by Gasteiger charge is 2.21. The number of nitrogens with one attached hydrogen (secondary N) is 2. The van der Waals surface area contributed by atoms with E-state index in [1.807, 2.05) is 25.2 Å². The lowest BCUT2D eigenvalue weighted by Crippen LogP contribution is -2.44. The van der Waals surface area contributed by atoms with Crippen molar-refractivity contribution in [2.75, 3.05) is 68.5 Å². The Morgan fingerprint density at radius 2 is 1.81 bits per heavy atom. The second kappa shape index (κ2) is 9.53. The summed E-state index contributed by atoms with van der Waals surface area (Å²) in [7, 11) is 4.16. The first kappa shape index (κ1) is 21.4. The lowest BCUT2D eigenvalue weighted by molar-refractivity contribution is 0.0996. The highest BCUT2D eigenvalue weighted by molar-refractivity contribution is 5.97. The molecule has 0 spiro atoms. The zero-order chi connectivity index (χ0) is 21.8. The zero-order valence-corrected chi connectivity index (χ0v) is 18.5. The fourth-order valence-corrected chi connectivity index (χ4v) is 4.34. The molecule has 8 nitrogen and oxygen atoms in total. The minimum atomic E-state index is -0.533. The third kappa shape index (κ3) is 5.08. The van der Waals surface area contributed by atoms with Crippen LogP contribution in [0.15, 0.2) is 36.5 Å². The van der Waals surface area contributed by atoms with Crippen LogP contribution in [0, 0.1) is 0 Å². The minimum absolute atomic E-state index is 0.258. The van der Waals surface area contributed by atoms with Crippen LogP contribution in [-0.2, 0) is 0 Å². The number of nitrogens with zero attached hydrogens (tertiary/aromatic N) is 4. The lowest BCUT2D eigenvalue weighted by atomic mass is 10.1. The monoisotopic (exact) mass is 423 g/mol. The van der Waals surface area contributed by atoms with Crippen LogP contribution in [0.25, 0.3) is 0 Å². The summed E-state index contributed by atoms with van der Waals surface area (Å²) in [5.41, 5.74) is 9.62. The second-order valence-electron chi connectivity index (χ2n) is 8.49. The number of benzene rings is 1. The number of likely N-dealkylation sites (N-methyl/N-ethyl adjacent to an activating group) is 2. The highest BCUT2D eigenvalue weighted by atomic mass is 16.1. The molecule has 4 rings (SSSR count). The number of carbonyl (C=O) groups is 1. The van der Waals surface area contributed by atoms with Gasteiger partial charge < -0.3 is 31.1 Å². The number of pyridine rings is 1. The average molecular weight is 424 g/mol. The number of carbonyl (C=O) groups excluding carboxylic acids is 1. The quantitative estimate of drug-likeness (QED) is 0.653. The average Bonchev–Trinajstić information content (AvgIpc) is 2.80. The first-order chi connectivity index (χ1) is 15.0. The van der Waals surface area contributed by atoms with Crippen molar-refractivity contribution in [2.45, 2.75) is 18.9 Å². The van der Waals surface area contributed by atoms with Gasteiger partial charge in [0.1, 0.15) is 0 Å². The first-order valence-electron chi connectivity index (χ1n) is 11.1. The number of nitrogens with two attached hydrogens (primary N) is 1. The lowest BCUT2D eigenvalue weighted by Gasteiger charge is -2.34. The molecular formula is C23H33N7O. The summed E-state index contributed by atoms with van der Waals surface area (Å²) in [5, 5.41) is 6.73. The maximum atomic E-state index is 12.0. The Morgan fingerprint density at radius 3 is 2.48 bits per heavy atom. The molecule has 166 valence electrons. The Labute approximate surface area is 184 Å². The summed E-state index contributed by atoms with van der Waals surface area (Å²) in [6.07, 6.45) is 4.05. The van der Waals surface area contributed by atoms with E-state index in [2.05, 4.69) is 49.5 Å². The number of primary amides is 1. The van der Waals surface area contributed by atoms with Gasteiger partial charge in [0.2, 0.25) is 0 Å². The van der Waals surface area contributed by atoms with Gasteiger partial charge in [0.05, 0.1) is 17.6 Å². The topological polar surface area (TPSA) is 89.8 Å². The normalized spacial score (nSPS) is 20.0. The number of rotatable bonds is 6. The van der Waals surface area contributed by atoms with Gasteiger partial charge in [0.15, 0.2) is 5.69 Å². The van der Waals surface area contributed by atoms with Crippen molar-refractivity contribution in [1.29, 1.82) is 0 Å². The molecule has 1 amide bonds. The third-order valence-electron chi connectivity index (χ3n) is 6.32. The number of anilines is 4. The van der Waals surface area contributed by atoms with Crippen LogP contribution in [0.4, 0.5) is 22.7 Å². The van der Waals surface area contributed by atoms with Gasteiger partial charge in [-0.3, -0.25) is 4.79 Å². The Morgan fingerprint density at radius 1 is 1.06 bits per heavy atom. The standard InChI is InChI=1S/C23H33N7O/c1-25-18-4-3-9-30(16-18)20-14-21(22(23(24)31)26-15-20)27-17-5-7-19(8-6-17)29-12-10-28(2)11-13-29/h5-8,14-15,18,25,27H,3-4,9-13,16H2,1-2H3,(H2,24,31)/t18-/m1/s1. The van der Waals surface area contributed by atoms with E-state index in [1.54, 1.807) is 6.20 Å². The molecule has 0 bridgehead atoms. The maximum absolute atomic E-state index is 12.0. The minimum Gasteiger partial charge on any atom is -0.369 e. The molecule has 2 aliphatic heterocycles. The summed E-state index contributed by atoms with van der Waals surface area (Å²) in [6.45, 7) is 6.12. The van der Waals surface area contributed by atoms with E-state index in [-0.39, 0.29) is 5.69 Å². The largest absolute Gasteiger partial charge is 0.369 e. The Balaban J connectivity index is 1.52. The molecule has 3 heterocycles. The van der Waals surface area contributed by atoms with E-state index in [9.17, 15) is 4.79 Å². The van der Waals surface area contributed by atoms with Gasteiger partial charge in [-0.1, -0.05) is 0 Å². The van der Waals surface area contributed by atoms with Crippen LogP contribution in [-0.4, -0.2) is 75.2 Å². The fraction of sp³-hybridized carbons (Fsp3) is 0.478. The van der Waals surface area contributed by atoms with Crippen molar-refractivity contribution in [2.24, 2.45) is 5.73 Å². The van der Waals surface area contributed by atoms with E-state index >= 15 is 0 Å². The molecule has 0 aliphatic carbocycles. The zero-order valence-electron chi connectivity index (χ0n) is 18.5. The third-order valence-corrected chi connectivity index (χ3v) is 6.32. The van der Waals surface area contributed by atoms with Gasteiger partial charge in [0.25, 0.3) is 5.91 Å². The number of aromatic nitrogens is 1. The highest BCUT2D eigenvalue weighted by Crippen LogP contribution is 2.28. The smallest absolute Gasteiger partial charge is 0.269 e. The molecule has 31 heavy (non-hydrogen) atoms. The molecule has 0 unspecified atom stereocenters. The molecular weight excluding hydrogens is 390 g/mol. The molecule has 2 fully saturated rings. The predicted molar refractivity (Wildman–Crippen MR) is 126 cm³/mol. The molecule has 2 saturated heterocycles. The van der Waals surface area contributed by atoms with Gasteiger partial charge >= 0.3 is 0 Å². The van der Waals surface area contributed by atoms with Crippen molar-refractivity contribution < 1.29 is 4.79 Å². The maximum Gasteiger partial charge on any atom is 0.269 e. The second-order valence-corrected chi connectivity index (χ2v) is 8.49. The molecule has 1 aromatic heterocycles. The molecule has 1 atom stereocenters. The predicted octanol–water partition coefficient (Wildman–Crippen LogP) is 1.86. The molecule has 0 saturated carbocycles. The van der Waals surface area contributed by atoms with E-state index in [1.165, 1.54) is 12.1 Å². The number of piperazine rings is 1. The van der Waals surface area contributed by atoms with Gasteiger partial charge in [-0.25, -0.2) is 4.98 Å². The van der Waals surface area contributed by atoms with E-state index in [4.69, 9.17) is 5.73 Å². The SMILES string of the molecule is CN[C@@H]1CCCN(c2cnc(C(N)=O)c(Nc3ccc(N4CCN(C)CC4)cc3)c2)C1. The van der Waals surface area contributed by atoms with E-state index < -0.39 is 5.91 Å². The first-order valence-corrected chi connectivity index (χ1v) is 11.1. The Kier molecular flexibility index (Phi) is 6.58. The molecule has 2 aliphatic rings. The molecule has 1 aromatic carbocycles. The number of amides is 1. The van der Waals surface area contributed by atoms with Gasteiger partial charge in [-0.15, -0.1) is 0 Å². The van der Waals surface area contributed by atoms with Crippen LogP contribution in [0.5, 0.6) is 0 Å². The van der Waals surface area contributed by atoms with Crippen molar-refractivity contribution >= 4 is 28.7 Å². The number of hydrogen-bond donors (Lipinski definition) is 3. The van der Waals surface area contributed by atoms with Crippen LogP contribution in [0.2, 0.25) is 0 Å². The Bertz CT molecular complexity index is 893. The van der Waals surface area contributed by atoms with Gasteiger partial charge in [-0.05, 0) is 57.3 Å². The molecule has 8 heteroatoms. The van der Waals surface area contributed by atoms with Crippen LogP contribution < -0.4 is 26.2 Å². The van der Waals surface area contributed by atoms with E-state index in [0.29, 0.717) is 11.7 Å². The van der Waals surface area contributed by atoms with Crippen molar-refractivity contribution in [3.63, 3.8) is 0 Å². The van der Waals surface area contributed by atoms with Crippen LogP contribution >= 0.6 is 0 Å². The van der Waals surface area contributed by atoms with Crippen molar-refractivity contribution in [1.82, 2.24) is 15.2 Å². The summed E-state index contributed by atoms with van der Waals surface area (Å²) < 4.78 is 0. The van der Waals surface area contributed by atoms with Gasteiger partial charge in [0, 0.05) is 56.7 Å². The summed E-state index contributed by atoms with van der Waals surface area (Å²) >= 11 is 0. The van der Waals surface area contributed by atoms with E-state index in [0.717, 1.165) is 57.1 Å². The Hall–Kier alpha value is -2.84. The molecule has 4 N–H and O–H groups in total. The van der Waals surface area contributed by atoms with Crippen LogP contribution in [0.3, 0.4) is 0 Å². The summed E-state index contributed by atoms with van der Waals surface area (Å²) in [5.74, 6) is -0.533. The number of hydrogen-bond acceptors (Lipinski definition) is 7. The molecule has 0 radical (unpaired) electrons. The van der Waals surface area contributed by atoms with Crippen LogP contribution in [0.1, 0.15) is 23.3 Å². The van der Waals surface area contributed by atoms with Crippen molar-refractivity contribution in [3.8, 4) is 0 Å². The van der Waals surface area contributed by atoms with Crippen molar-refractivity contribution in [3.05, 3.63) is 42.2 Å². The fourth-order valence-electron chi connectivity index (χ4n) is 4.34. The van der Waals surface area contributed by atoms with Gasteiger partial charge in [-0.2, -0.15) is 0 Å². The summed E-state index contributed by atoms with van der Waals surface area (Å²) in [6, 6.07) is 10.8. The summed E-state index contributed by atoms with van der Waals surface area (Å²) in [4.78, 5) is 23.4. The molecule has 2 aromatic rings.